The normalized spacial score (nSPS) is 16.7. The molecule has 2 aromatic carbocycles. The van der Waals surface area contributed by atoms with Crippen LogP contribution >= 0.6 is 0 Å². The van der Waals surface area contributed by atoms with Gasteiger partial charge in [0.05, 0.1) is 12.2 Å². The predicted molar refractivity (Wildman–Crippen MR) is 114 cm³/mol. The minimum absolute atomic E-state index is 0.000428. The lowest BCUT2D eigenvalue weighted by Gasteiger charge is -2.29. The van der Waals surface area contributed by atoms with Crippen LogP contribution in [0.5, 0.6) is 5.75 Å². The van der Waals surface area contributed by atoms with Crippen molar-refractivity contribution in [3.8, 4) is 5.75 Å². The Morgan fingerprint density at radius 2 is 1.77 bits per heavy atom. The maximum absolute atomic E-state index is 13.3. The monoisotopic (exact) mass is 424 g/mol. The first-order valence-electron chi connectivity index (χ1n) is 10.3. The van der Waals surface area contributed by atoms with Gasteiger partial charge in [-0.05, 0) is 36.2 Å². The molecule has 1 aliphatic heterocycles. The van der Waals surface area contributed by atoms with Gasteiger partial charge in [-0.3, -0.25) is 4.90 Å². The highest BCUT2D eigenvalue weighted by Crippen LogP contribution is 2.37. The van der Waals surface area contributed by atoms with Crippen molar-refractivity contribution < 1.29 is 23.0 Å². The highest BCUT2D eigenvalue weighted by Gasteiger charge is 2.36. The molecule has 1 fully saturated rings. The number of likely N-dealkylation sites (tertiary alicyclic amines) is 1. The lowest BCUT2D eigenvalue weighted by atomic mass is 10.1. The van der Waals surface area contributed by atoms with Crippen LogP contribution in [0.25, 0.3) is 0 Å². The molecule has 0 radical (unpaired) electrons. The van der Waals surface area contributed by atoms with Gasteiger partial charge in [0.1, 0.15) is 12.4 Å². The Balaban J connectivity index is 0.00000155. The quantitative estimate of drug-likeness (QED) is 0.692. The van der Waals surface area contributed by atoms with E-state index in [0.29, 0.717) is 19.7 Å². The highest BCUT2D eigenvalue weighted by molar-refractivity contribution is 5.55. The van der Waals surface area contributed by atoms with E-state index < -0.39 is 11.7 Å². The molecule has 1 aliphatic rings. The summed E-state index contributed by atoms with van der Waals surface area (Å²) in [5, 5.41) is 9.05. The van der Waals surface area contributed by atoms with Gasteiger partial charge in [0.25, 0.3) is 0 Å². The van der Waals surface area contributed by atoms with Crippen molar-refractivity contribution in [2.24, 2.45) is 0 Å². The molecular weight excluding hydrogens is 393 g/mol. The predicted octanol–water partition coefficient (Wildman–Crippen LogP) is 4.81. The van der Waals surface area contributed by atoms with Crippen LogP contribution in [0.2, 0.25) is 0 Å². The summed E-state index contributed by atoms with van der Waals surface area (Å²) in [7, 11) is 1.73. The molecule has 0 aliphatic carbocycles. The molecule has 0 saturated carbocycles. The van der Waals surface area contributed by atoms with Crippen LogP contribution in [0.3, 0.4) is 0 Å². The topological polar surface area (TPSA) is 35.9 Å². The molecule has 1 saturated heterocycles. The van der Waals surface area contributed by atoms with Gasteiger partial charge in [0.2, 0.25) is 0 Å². The van der Waals surface area contributed by atoms with Crippen LogP contribution in [0, 0.1) is 0 Å². The molecule has 1 N–H and O–H groups in total. The van der Waals surface area contributed by atoms with Crippen molar-refractivity contribution in [1.29, 1.82) is 0 Å². The van der Waals surface area contributed by atoms with E-state index in [9.17, 15) is 13.2 Å². The summed E-state index contributed by atoms with van der Waals surface area (Å²) in [6, 6.07) is 13.0. The average Bonchev–Trinajstić information content (AvgIpc) is 3.23. The minimum atomic E-state index is -4.36. The van der Waals surface area contributed by atoms with E-state index in [0.717, 1.165) is 30.3 Å². The molecular formula is C23H31F3N2O2. The second kappa shape index (κ2) is 11.2. The first-order chi connectivity index (χ1) is 14.4. The van der Waals surface area contributed by atoms with Gasteiger partial charge in [-0.2, -0.15) is 13.2 Å². The van der Waals surface area contributed by atoms with Crippen molar-refractivity contribution in [3.05, 3.63) is 59.7 Å². The number of aliphatic hydroxyl groups is 1. The Morgan fingerprint density at radius 3 is 2.40 bits per heavy atom. The maximum atomic E-state index is 13.3. The Bertz CT molecular complexity index is 766. The Morgan fingerprint density at radius 1 is 1.10 bits per heavy atom. The third-order valence-corrected chi connectivity index (χ3v) is 5.17. The van der Waals surface area contributed by atoms with E-state index in [-0.39, 0.29) is 18.3 Å². The molecule has 1 atom stereocenters. The van der Waals surface area contributed by atoms with Gasteiger partial charge in [0.15, 0.2) is 0 Å². The van der Waals surface area contributed by atoms with Crippen LogP contribution in [-0.2, 0) is 12.8 Å². The fourth-order valence-electron chi connectivity index (χ4n) is 3.53. The van der Waals surface area contributed by atoms with E-state index in [1.54, 1.807) is 18.0 Å². The van der Waals surface area contributed by atoms with Gasteiger partial charge in [0, 0.05) is 38.4 Å². The standard InChI is InChI=1S/C21H25F3N2O2.C2H6/c1-25(20-5-3-2-4-19(20)21(22,23)24)17-10-11-26(14-17)12-13-28-18-8-6-16(15-27)7-9-18;1-2/h2-9,17,27H,10-15H2,1H3;1-2H3. The van der Waals surface area contributed by atoms with Crippen LogP contribution < -0.4 is 9.64 Å². The smallest absolute Gasteiger partial charge is 0.418 e. The second-order valence-corrected chi connectivity index (χ2v) is 7.02. The van der Waals surface area contributed by atoms with E-state index in [1.807, 2.05) is 38.1 Å². The highest BCUT2D eigenvalue weighted by atomic mass is 19.4. The van der Waals surface area contributed by atoms with Gasteiger partial charge in [-0.15, -0.1) is 0 Å². The van der Waals surface area contributed by atoms with Crippen molar-refractivity contribution in [3.63, 3.8) is 0 Å². The van der Waals surface area contributed by atoms with Gasteiger partial charge < -0.3 is 14.7 Å². The van der Waals surface area contributed by atoms with Gasteiger partial charge in [-0.1, -0.05) is 38.1 Å². The van der Waals surface area contributed by atoms with E-state index in [2.05, 4.69) is 4.90 Å². The number of anilines is 1. The zero-order valence-electron chi connectivity index (χ0n) is 17.8. The average molecular weight is 425 g/mol. The third-order valence-electron chi connectivity index (χ3n) is 5.17. The number of alkyl halides is 3. The summed E-state index contributed by atoms with van der Waals surface area (Å²) < 4.78 is 45.6. The van der Waals surface area contributed by atoms with E-state index >= 15 is 0 Å². The summed E-state index contributed by atoms with van der Waals surface area (Å²) in [6.07, 6.45) is -3.55. The molecule has 7 heteroatoms. The van der Waals surface area contributed by atoms with Crippen molar-refractivity contribution in [2.45, 2.75) is 39.1 Å². The first kappa shape index (κ1) is 24.0. The molecule has 0 amide bonds. The van der Waals surface area contributed by atoms with Gasteiger partial charge >= 0.3 is 6.18 Å². The second-order valence-electron chi connectivity index (χ2n) is 7.02. The number of aliphatic hydroxyl groups excluding tert-OH is 1. The summed E-state index contributed by atoms with van der Waals surface area (Å²) in [4.78, 5) is 3.96. The number of halogens is 3. The molecule has 0 aromatic heterocycles. The summed E-state index contributed by atoms with van der Waals surface area (Å²) >= 11 is 0. The van der Waals surface area contributed by atoms with Crippen molar-refractivity contribution in [2.75, 3.05) is 38.2 Å². The zero-order valence-corrected chi connectivity index (χ0v) is 17.8. The van der Waals surface area contributed by atoms with Crippen molar-refractivity contribution >= 4 is 5.69 Å². The number of hydrogen-bond acceptors (Lipinski definition) is 4. The number of likely N-dealkylation sites (N-methyl/N-ethyl adjacent to an activating group) is 1. The lowest BCUT2D eigenvalue weighted by Crippen LogP contribution is -2.36. The SMILES string of the molecule is CC.CN(c1ccccc1C(F)(F)F)C1CCN(CCOc2ccc(CO)cc2)C1. The summed E-state index contributed by atoms with van der Waals surface area (Å²) in [5.41, 5.74) is 0.463. The van der Waals surface area contributed by atoms with Crippen LogP contribution in [0.4, 0.5) is 18.9 Å². The molecule has 0 bridgehead atoms. The van der Waals surface area contributed by atoms with E-state index in [1.165, 1.54) is 12.1 Å². The van der Waals surface area contributed by atoms with Gasteiger partial charge in [-0.25, -0.2) is 0 Å². The molecule has 1 unspecified atom stereocenters. The molecule has 30 heavy (non-hydrogen) atoms. The number of hydrogen-bond donors (Lipinski definition) is 1. The number of ether oxygens (including phenoxy) is 1. The number of nitrogens with zero attached hydrogens (tertiary/aromatic N) is 2. The Kier molecular flexibility index (Phi) is 8.99. The van der Waals surface area contributed by atoms with Crippen LogP contribution in [-0.4, -0.2) is 49.3 Å². The fraction of sp³-hybridized carbons (Fsp3) is 0.478. The maximum Gasteiger partial charge on any atom is 0.418 e. The first-order valence-corrected chi connectivity index (χ1v) is 10.3. The molecule has 4 nitrogen and oxygen atoms in total. The molecule has 2 aromatic rings. The lowest BCUT2D eigenvalue weighted by molar-refractivity contribution is -0.137. The largest absolute Gasteiger partial charge is 0.492 e. The number of rotatable bonds is 7. The molecule has 166 valence electrons. The minimum Gasteiger partial charge on any atom is -0.492 e. The third kappa shape index (κ3) is 6.37. The Labute approximate surface area is 176 Å². The zero-order chi connectivity index (χ0) is 22.1. The van der Waals surface area contributed by atoms with Crippen LogP contribution in [0.1, 0.15) is 31.4 Å². The Hall–Kier alpha value is -2.25. The van der Waals surface area contributed by atoms with E-state index in [4.69, 9.17) is 9.84 Å². The van der Waals surface area contributed by atoms with Crippen LogP contribution in [0.15, 0.2) is 48.5 Å². The fourth-order valence-corrected chi connectivity index (χ4v) is 3.53. The number of benzene rings is 2. The molecule has 1 heterocycles. The van der Waals surface area contributed by atoms with Crippen molar-refractivity contribution in [1.82, 2.24) is 4.90 Å². The summed E-state index contributed by atoms with van der Waals surface area (Å²) in [5.74, 6) is 0.740. The number of para-hydroxylation sites is 1. The molecule has 3 rings (SSSR count). The summed E-state index contributed by atoms with van der Waals surface area (Å²) in [6.45, 7) is 6.76. The molecule has 0 spiro atoms.